The summed E-state index contributed by atoms with van der Waals surface area (Å²) in [5.41, 5.74) is 7.46. The number of rotatable bonds is 5. The zero-order valence-corrected chi connectivity index (χ0v) is 9.86. The predicted molar refractivity (Wildman–Crippen MR) is 64.5 cm³/mol. The molecule has 0 aliphatic carbocycles. The van der Waals surface area contributed by atoms with Gasteiger partial charge in [0.05, 0.1) is 6.42 Å². The molecule has 0 bridgehead atoms. The molecule has 1 atom stereocenters. The van der Waals surface area contributed by atoms with Crippen molar-refractivity contribution in [3.05, 3.63) is 35.4 Å². The van der Waals surface area contributed by atoms with Crippen LogP contribution in [0, 0.1) is 0 Å². The second kappa shape index (κ2) is 5.12. The van der Waals surface area contributed by atoms with Gasteiger partial charge in [-0.15, -0.1) is 0 Å². The van der Waals surface area contributed by atoms with E-state index in [4.69, 9.17) is 10.8 Å². The van der Waals surface area contributed by atoms with Crippen LogP contribution in [0.15, 0.2) is 24.3 Å². The quantitative estimate of drug-likeness (QED) is 0.798. The van der Waals surface area contributed by atoms with Crippen LogP contribution < -0.4 is 5.73 Å². The van der Waals surface area contributed by atoms with Gasteiger partial charge in [-0.25, -0.2) is 0 Å². The molecule has 1 rings (SSSR count). The molecule has 1 unspecified atom stereocenters. The lowest BCUT2D eigenvalue weighted by Gasteiger charge is -2.26. The molecule has 3 nitrogen and oxygen atoms in total. The van der Waals surface area contributed by atoms with Crippen LogP contribution in [0.3, 0.4) is 0 Å². The summed E-state index contributed by atoms with van der Waals surface area (Å²) in [6.07, 6.45) is 1.05. The first-order valence-corrected chi connectivity index (χ1v) is 5.53. The molecule has 0 saturated carbocycles. The smallest absolute Gasteiger partial charge is 0.304 e. The maximum Gasteiger partial charge on any atom is 0.304 e. The Morgan fingerprint density at radius 1 is 1.38 bits per heavy atom. The molecule has 0 aliphatic heterocycles. The van der Waals surface area contributed by atoms with E-state index in [2.05, 4.69) is 6.92 Å². The van der Waals surface area contributed by atoms with Crippen molar-refractivity contribution in [3.63, 3.8) is 0 Å². The standard InChI is InChI=1S/C13H19NO2/c1-3-10-4-6-11(7-5-10)13(2,9-14)8-12(15)16/h4-7H,3,8-9,14H2,1-2H3,(H,15,16). The third-order valence-electron chi connectivity index (χ3n) is 3.05. The summed E-state index contributed by atoms with van der Waals surface area (Å²) < 4.78 is 0. The Balaban J connectivity index is 2.98. The zero-order chi connectivity index (χ0) is 12.2. The molecule has 0 fully saturated rings. The van der Waals surface area contributed by atoms with Gasteiger partial charge in [0.25, 0.3) is 0 Å². The number of benzene rings is 1. The van der Waals surface area contributed by atoms with E-state index in [-0.39, 0.29) is 6.42 Å². The summed E-state index contributed by atoms with van der Waals surface area (Å²) in [7, 11) is 0. The highest BCUT2D eigenvalue weighted by molar-refractivity contribution is 5.69. The van der Waals surface area contributed by atoms with Gasteiger partial charge in [-0.3, -0.25) is 4.79 Å². The number of carbonyl (C=O) groups is 1. The number of aliphatic carboxylic acids is 1. The normalized spacial score (nSPS) is 14.4. The fourth-order valence-corrected chi connectivity index (χ4v) is 1.77. The van der Waals surface area contributed by atoms with Crippen LogP contribution in [0.2, 0.25) is 0 Å². The van der Waals surface area contributed by atoms with E-state index in [9.17, 15) is 4.79 Å². The van der Waals surface area contributed by atoms with Crippen molar-refractivity contribution in [3.8, 4) is 0 Å². The molecule has 0 amide bonds. The van der Waals surface area contributed by atoms with Crippen LogP contribution >= 0.6 is 0 Å². The summed E-state index contributed by atoms with van der Waals surface area (Å²) in [6, 6.07) is 8.03. The largest absolute Gasteiger partial charge is 0.481 e. The topological polar surface area (TPSA) is 63.3 Å². The zero-order valence-electron chi connectivity index (χ0n) is 9.86. The third kappa shape index (κ3) is 2.83. The van der Waals surface area contributed by atoms with E-state index in [1.165, 1.54) is 5.56 Å². The van der Waals surface area contributed by atoms with E-state index in [0.717, 1.165) is 12.0 Å². The minimum absolute atomic E-state index is 0.0645. The summed E-state index contributed by atoms with van der Waals surface area (Å²) in [5.74, 6) is -0.812. The molecule has 1 aromatic rings. The molecular weight excluding hydrogens is 202 g/mol. The van der Waals surface area contributed by atoms with Crippen molar-refractivity contribution in [1.29, 1.82) is 0 Å². The minimum atomic E-state index is -0.812. The first-order valence-electron chi connectivity index (χ1n) is 5.53. The average molecular weight is 221 g/mol. The fourth-order valence-electron chi connectivity index (χ4n) is 1.77. The summed E-state index contributed by atoms with van der Waals surface area (Å²) >= 11 is 0. The molecular formula is C13H19NO2. The van der Waals surface area contributed by atoms with E-state index in [1.54, 1.807) is 0 Å². The van der Waals surface area contributed by atoms with Crippen molar-refractivity contribution in [2.45, 2.75) is 32.1 Å². The number of carboxylic acid groups (broad SMARTS) is 1. The van der Waals surface area contributed by atoms with Crippen LogP contribution in [0.4, 0.5) is 0 Å². The van der Waals surface area contributed by atoms with Crippen molar-refractivity contribution in [2.24, 2.45) is 5.73 Å². The second-order valence-electron chi connectivity index (χ2n) is 4.39. The Morgan fingerprint density at radius 2 is 1.94 bits per heavy atom. The molecule has 0 heterocycles. The number of nitrogens with two attached hydrogens (primary N) is 1. The molecule has 0 saturated heterocycles. The Bertz CT molecular complexity index is 359. The molecule has 88 valence electrons. The van der Waals surface area contributed by atoms with Gasteiger partial charge in [0.2, 0.25) is 0 Å². The monoisotopic (exact) mass is 221 g/mol. The first-order chi connectivity index (χ1) is 7.51. The maximum atomic E-state index is 10.8. The van der Waals surface area contributed by atoms with E-state index in [0.29, 0.717) is 6.54 Å². The van der Waals surface area contributed by atoms with E-state index >= 15 is 0 Å². The minimum Gasteiger partial charge on any atom is -0.481 e. The van der Waals surface area contributed by atoms with Crippen LogP contribution in [-0.2, 0) is 16.6 Å². The molecule has 0 spiro atoms. The Morgan fingerprint density at radius 3 is 2.31 bits per heavy atom. The van der Waals surface area contributed by atoms with Gasteiger partial charge in [0, 0.05) is 12.0 Å². The van der Waals surface area contributed by atoms with Crippen LogP contribution in [0.1, 0.15) is 31.4 Å². The molecule has 0 radical (unpaired) electrons. The van der Waals surface area contributed by atoms with Gasteiger partial charge >= 0.3 is 5.97 Å². The Kier molecular flexibility index (Phi) is 4.07. The first kappa shape index (κ1) is 12.7. The van der Waals surface area contributed by atoms with Crippen molar-refractivity contribution >= 4 is 5.97 Å². The van der Waals surface area contributed by atoms with Gasteiger partial charge in [0.1, 0.15) is 0 Å². The highest BCUT2D eigenvalue weighted by Crippen LogP contribution is 2.26. The van der Waals surface area contributed by atoms with Crippen molar-refractivity contribution < 1.29 is 9.90 Å². The van der Waals surface area contributed by atoms with Crippen LogP contribution in [-0.4, -0.2) is 17.6 Å². The Hall–Kier alpha value is -1.35. The molecule has 16 heavy (non-hydrogen) atoms. The van der Waals surface area contributed by atoms with Gasteiger partial charge in [-0.1, -0.05) is 38.1 Å². The summed E-state index contributed by atoms with van der Waals surface area (Å²) in [5, 5.41) is 8.89. The molecule has 3 heteroatoms. The van der Waals surface area contributed by atoms with Crippen LogP contribution in [0.5, 0.6) is 0 Å². The molecule has 3 N–H and O–H groups in total. The number of aryl methyl sites for hydroxylation is 1. The SMILES string of the molecule is CCc1ccc(C(C)(CN)CC(=O)O)cc1. The maximum absolute atomic E-state index is 10.8. The third-order valence-corrected chi connectivity index (χ3v) is 3.05. The Labute approximate surface area is 96.3 Å². The van der Waals surface area contributed by atoms with E-state index < -0.39 is 11.4 Å². The number of hydrogen-bond acceptors (Lipinski definition) is 2. The highest BCUT2D eigenvalue weighted by Gasteiger charge is 2.27. The molecule has 0 aliphatic rings. The highest BCUT2D eigenvalue weighted by atomic mass is 16.4. The average Bonchev–Trinajstić information content (AvgIpc) is 2.28. The lowest BCUT2D eigenvalue weighted by atomic mass is 9.79. The number of hydrogen-bond donors (Lipinski definition) is 2. The predicted octanol–water partition coefficient (Wildman–Crippen LogP) is 1.94. The van der Waals surface area contributed by atoms with Crippen molar-refractivity contribution in [1.82, 2.24) is 0 Å². The van der Waals surface area contributed by atoms with Crippen molar-refractivity contribution in [2.75, 3.05) is 6.54 Å². The van der Waals surface area contributed by atoms with Gasteiger partial charge in [-0.05, 0) is 17.5 Å². The summed E-state index contributed by atoms with van der Waals surface area (Å²) in [4.78, 5) is 10.8. The fraction of sp³-hybridized carbons (Fsp3) is 0.462. The van der Waals surface area contributed by atoms with Gasteiger partial charge in [-0.2, -0.15) is 0 Å². The van der Waals surface area contributed by atoms with Crippen LogP contribution in [0.25, 0.3) is 0 Å². The molecule has 1 aromatic carbocycles. The lowest BCUT2D eigenvalue weighted by molar-refractivity contribution is -0.138. The second-order valence-corrected chi connectivity index (χ2v) is 4.39. The summed E-state index contributed by atoms with van der Waals surface area (Å²) in [6.45, 7) is 4.32. The van der Waals surface area contributed by atoms with Gasteiger partial charge in [0.15, 0.2) is 0 Å². The number of carboxylic acids is 1. The van der Waals surface area contributed by atoms with Gasteiger partial charge < -0.3 is 10.8 Å². The lowest BCUT2D eigenvalue weighted by Crippen LogP contribution is -2.34. The van der Waals surface area contributed by atoms with E-state index in [1.807, 2.05) is 31.2 Å². The molecule has 0 aromatic heterocycles.